The normalized spacial score (nSPS) is 39.6. The molecule has 0 radical (unpaired) electrons. The quantitative estimate of drug-likeness (QED) is 0.484. The van der Waals surface area contributed by atoms with Gasteiger partial charge in [-0.25, -0.2) is 0 Å². The van der Waals surface area contributed by atoms with E-state index in [1.807, 2.05) is 13.8 Å². The van der Waals surface area contributed by atoms with E-state index in [0.717, 1.165) is 12.8 Å². The SMILES string of the molecule is CC1(C)C=CCC2CC2C1=O. The monoisotopic (exact) mass is 150 g/mol. The standard InChI is InChI=1S/C10H14O/c1-10(2)5-3-4-7-6-8(7)9(10)11/h3,5,7-8H,4,6H2,1-2H3. The fourth-order valence-corrected chi connectivity index (χ4v) is 1.93. The van der Waals surface area contributed by atoms with Gasteiger partial charge in [-0.15, -0.1) is 0 Å². The van der Waals surface area contributed by atoms with Crippen molar-refractivity contribution in [3.05, 3.63) is 12.2 Å². The van der Waals surface area contributed by atoms with E-state index in [1.54, 1.807) is 0 Å². The Labute approximate surface area is 67.5 Å². The molecule has 0 aliphatic heterocycles. The Morgan fingerprint density at radius 2 is 2.27 bits per heavy atom. The van der Waals surface area contributed by atoms with Gasteiger partial charge in [-0.3, -0.25) is 4.79 Å². The van der Waals surface area contributed by atoms with Crippen molar-refractivity contribution in [1.82, 2.24) is 0 Å². The Balaban J connectivity index is 2.28. The van der Waals surface area contributed by atoms with Crippen molar-refractivity contribution in [3.8, 4) is 0 Å². The molecule has 0 spiro atoms. The highest BCUT2D eigenvalue weighted by Gasteiger charge is 2.47. The summed E-state index contributed by atoms with van der Waals surface area (Å²) in [6.45, 7) is 4.04. The molecular formula is C10H14O. The predicted molar refractivity (Wildman–Crippen MR) is 44.1 cm³/mol. The van der Waals surface area contributed by atoms with Gasteiger partial charge in [-0.05, 0) is 32.6 Å². The highest BCUT2D eigenvalue weighted by molar-refractivity contribution is 5.90. The van der Waals surface area contributed by atoms with Gasteiger partial charge in [0.2, 0.25) is 0 Å². The summed E-state index contributed by atoms with van der Waals surface area (Å²) in [6, 6.07) is 0. The Morgan fingerprint density at radius 3 is 3.00 bits per heavy atom. The molecule has 0 saturated heterocycles. The fraction of sp³-hybridized carbons (Fsp3) is 0.700. The van der Waals surface area contributed by atoms with Crippen molar-refractivity contribution >= 4 is 5.78 Å². The summed E-state index contributed by atoms with van der Waals surface area (Å²) in [5, 5.41) is 0. The van der Waals surface area contributed by atoms with Crippen LogP contribution in [0.2, 0.25) is 0 Å². The molecule has 2 aliphatic carbocycles. The molecule has 2 aliphatic rings. The number of hydrogen-bond donors (Lipinski definition) is 0. The second kappa shape index (κ2) is 1.96. The molecule has 1 nitrogen and oxygen atoms in total. The molecule has 0 N–H and O–H groups in total. The number of allylic oxidation sites excluding steroid dienone is 2. The van der Waals surface area contributed by atoms with Gasteiger partial charge >= 0.3 is 0 Å². The minimum atomic E-state index is -0.185. The molecule has 0 aromatic rings. The number of fused-ring (bicyclic) bond motifs is 1. The second-order valence-corrected chi connectivity index (χ2v) is 4.33. The van der Waals surface area contributed by atoms with Crippen LogP contribution in [-0.2, 0) is 4.79 Å². The maximum atomic E-state index is 11.7. The summed E-state index contributed by atoms with van der Waals surface area (Å²) >= 11 is 0. The van der Waals surface area contributed by atoms with Crippen molar-refractivity contribution < 1.29 is 4.79 Å². The van der Waals surface area contributed by atoms with Gasteiger partial charge in [-0.2, -0.15) is 0 Å². The number of Topliss-reactive ketones (excluding diaryl/α,β-unsaturated/α-hetero) is 1. The van der Waals surface area contributed by atoms with Gasteiger partial charge in [-0.1, -0.05) is 12.2 Å². The average Bonchev–Trinajstić information content (AvgIpc) is 2.64. The first-order chi connectivity index (χ1) is 5.11. The van der Waals surface area contributed by atoms with Crippen molar-refractivity contribution in [2.24, 2.45) is 17.3 Å². The topological polar surface area (TPSA) is 17.1 Å². The lowest BCUT2D eigenvalue weighted by molar-refractivity contribution is -0.126. The highest BCUT2D eigenvalue weighted by Crippen LogP contribution is 2.48. The molecule has 0 bridgehead atoms. The molecule has 2 unspecified atom stereocenters. The third-order valence-electron chi connectivity index (χ3n) is 2.87. The average molecular weight is 150 g/mol. The zero-order chi connectivity index (χ0) is 8.06. The lowest BCUT2D eigenvalue weighted by atomic mass is 9.86. The molecule has 60 valence electrons. The van der Waals surface area contributed by atoms with Crippen LogP contribution in [-0.4, -0.2) is 5.78 Å². The lowest BCUT2D eigenvalue weighted by Crippen LogP contribution is -2.22. The fourth-order valence-electron chi connectivity index (χ4n) is 1.93. The minimum absolute atomic E-state index is 0.185. The van der Waals surface area contributed by atoms with Crippen LogP contribution in [0.1, 0.15) is 26.7 Å². The molecule has 0 heterocycles. The number of ketones is 1. The number of hydrogen-bond acceptors (Lipinski definition) is 1. The molecule has 11 heavy (non-hydrogen) atoms. The van der Waals surface area contributed by atoms with Gasteiger partial charge < -0.3 is 0 Å². The molecule has 2 atom stereocenters. The van der Waals surface area contributed by atoms with E-state index in [2.05, 4.69) is 12.2 Å². The van der Waals surface area contributed by atoms with Crippen LogP contribution in [0.15, 0.2) is 12.2 Å². The number of carbonyl (C=O) groups is 1. The Bertz CT molecular complexity index is 225. The van der Waals surface area contributed by atoms with E-state index in [0.29, 0.717) is 17.6 Å². The summed E-state index contributed by atoms with van der Waals surface area (Å²) in [5.74, 6) is 1.55. The highest BCUT2D eigenvalue weighted by atomic mass is 16.1. The van der Waals surface area contributed by atoms with Gasteiger partial charge in [0.15, 0.2) is 0 Å². The first-order valence-corrected chi connectivity index (χ1v) is 4.33. The number of rotatable bonds is 0. The van der Waals surface area contributed by atoms with Crippen molar-refractivity contribution in [1.29, 1.82) is 0 Å². The van der Waals surface area contributed by atoms with Crippen LogP contribution < -0.4 is 0 Å². The van der Waals surface area contributed by atoms with E-state index in [-0.39, 0.29) is 5.41 Å². The third kappa shape index (κ3) is 1.03. The van der Waals surface area contributed by atoms with Crippen molar-refractivity contribution in [3.63, 3.8) is 0 Å². The van der Waals surface area contributed by atoms with Crippen LogP contribution in [0.4, 0.5) is 0 Å². The summed E-state index contributed by atoms with van der Waals surface area (Å²) in [4.78, 5) is 11.7. The third-order valence-corrected chi connectivity index (χ3v) is 2.87. The number of carbonyl (C=O) groups excluding carboxylic acids is 1. The maximum absolute atomic E-state index is 11.7. The van der Waals surface area contributed by atoms with Gasteiger partial charge in [0, 0.05) is 11.3 Å². The molecule has 0 aromatic heterocycles. The van der Waals surface area contributed by atoms with Gasteiger partial charge in [0.25, 0.3) is 0 Å². The summed E-state index contributed by atoms with van der Waals surface area (Å²) in [7, 11) is 0. The Hall–Kier alpha value is -0.590. The molecule has 1 fully saturated rings. The van der Waals surface area contributed by atoms with Crippen LogP contribution in [0.3, 0.4) is 0 Å². The smallest absolute Gasteiger partial charge is 0.145 e. The molecular weight excluding hydrogens is 136 g/mol. The summed E-state index contributed by atoms with van der Waals surface area (Å²) in [5.41, 5.74) is -0.185. The first-order valence-electron chi connectivity index (χ1n) is 4.33. The van der Waals surface area contributed by atoms with Gasteiger partial charge in [0.05, 0.1) is 0 Å². The van der Waals surface area contributed by atoms with E-state index >= 15 is 0 Å². The largest absolute Gasteiger partial charge is 0.298 e. The molecule has 1 heteroatoms. The van der Waals surface area contributed by atoms with E-state index in [9.17, 15) is 4.79 Å². The Morgan fingerprint density at radius 1 is 1.55 bits per heavy atom. The van der Waals surface area contributed by atoms with Crippen molar-refractivity contribution in [2.45, 2.75) is 26.7 Å². The van der Waals surface area contributed by atoms with Gasteiger partial charge in [0.1, 0.15) is 5.78 Å². The van der Waals surface area contributed by atoms with E-state index in [1.165, 1.54) is 0 Å². The van der Waals surface area contributed by atoms with Crippen molar-refractivity contribution in [2.75, 3.05) is 0 Å². The van der Waals surface area contributed by atoms with E-state index in [4.69, 9.17) is 0 Å². The van der Waals surface area contributed by atoms with Crippen LogP contribution in [0.5, 0.6) is 0 Å². The molecule has 0 amide bonds. The van der Waals surface area contributed by atoms with E-state index < -0.39 is 0 Å². The summed E-state index contributed by atoms with van der Waals surface area (Å²) < 4.78 is 0. The second-order valence-electron chi connectivity index (χ2n) is 4.33. The summed E-state index contributed by atoms with van der Waals surface area (Å²) in [6.07, 6.45) is 6.52. The first kappa shape index (κ1) is 7.08. The van der Waals surface area contributed by atoms with Crippen LogP contribution >= 0.6 is 0 Å². The maximum Gasteiger partial charge on any atom is 0.145 e. The predicted octanol–water partition coefficient (Wildman–Crippen LogP) is 2.18. The van der Waals surface area contributed by atoms with Crippen LogP contribution in [0.25, 0.3) is 0 Å². The molecule has 2 rings (SSSR count). The minimum Gasteiger partial charge on any atom is -0.298 e. The van der Waals surface area contributed by atoms with Crippen LogP contribution in [0, 0.1) is 17.3 Å². The lowest BCUT2D eigenvalue weighted by Gasteiger charge is -2.16. The zero-order valence-electron chi connectivity index (χ0n) is 7.13. The molecule has 1 saturated carbocycles. The Kier molecular flexibility index (Phi) is 1.26. The molecule has 0 aromatic carbocycles. The zero-order valence-corrected chi connectivity index (χ0v) is 7.13.